The van der Waals surface area contributed by atoms with Crippen LogP contribution in [0.25, 0.3) is 0 Å². The van der Waals surface area contributed by atoms with E-state index in [9.17, 15) is 0 Å². The number of ether oxygens (including phenoxy) is 3. The average molecular weight is 268 g/mol. The fraction of sp³-hybridized carbons (Fsp3) is 0.571. The predicted molar refractivity (Wildman–Crippen MR) is 75.9 cm³/mol. The summed E-state index contributed by atoms with van der Waals surface area (Å²) in [5.41, 5.74) is 12.6. The molecule has 108 valence electrons. The van der Waals surface area contributed by atoms with E-state index in [4.69, 9.17) is 25.7 Å². The van der Waals surface area contributed by atoms with E-state index in [-0.39, 0.29) is 6.04 Å². The van der Waals surface area contributed by atoms with E-state index in [0.717, 1.165) is 24.8 Å². The first-order chi connectivity index (χ1) is 9.17. The summed E-state index contributed by atoms with van der Waals surface area (Å²) in [5.74, 6) is 2.07. The molecule has 0 aliphatic heterocycles. The first kappa shape index (κ1) is 15.6. The highest BCUT2D eigenvalue weighted by Gasteiger charge is 2.19. The third-order valence-corrected chi connectivity index (χ3v) is 3.09. The molecule has 0 aliphatic rings. The van der Waals surface area contributed by atoms with Crippen molar-refractivity contribution in [3.8, 4) is 17.2 Å². The van der Waals surface area contributed by atoms with Gasteiger partial charge in [-0.3, -0.25) is 0 Å². The summed E-state index contributed by atoms with van der Waals surface area (Å²) in [6.45, 7) is 0.684. The van der Waals surface area contributed by atoms with Gasteiger partial charge in [-0.25, -0.2) is 0 Å². The minimum absolute atomic E-state index is 0.137. The third-order valence-electron chi connectivity index (χ3n) is 3.09. The molecule has 0 aromatic heterocycles. The Morgan fingerprint density at radius 1 is 1.00 bits per heavy atom. The van der Waals surface area contributed by atoms with Crippen molar-refractivity contribution in [2.24, 2.45) is 11.5 Å². The largest absolute Gasteiger partial charge is 0.496 e. The second-order valence-corrected chi connectivity index (χ2v) is 4.34. The molecule has 1 atom stereocenters. The summed E-state index contributed by atoms with van der Waals surface area (Å²) in [6, 6.07) is 3.50. The Morgan fingerprint density at radius 2 is 1.58 bits per heavy atom. The van der Waals surface area contributed by atoms with Gasteiger partial charge in [-0.05, 0) is 19.4 Å². The van der Waals surface area contributed by atoms with Crippen LogP contribution in [-0.2, 0) is 0 Å². The van der Waals surface area contributed by atoms with Crippen LogP contribution in [0.4, 0.5) is 0 Å². The molecule has 19 heavy (non-hydrogen) atoms. The van der Waals surface area contributed by atoms with Gasteiger partial charge in [-0.1, -0.05) is 6.42 Å². The maximum atomic E-state index is 6.24. The fourth-order valence-electron chi connectivity index (χ4n) is 2.05. The average Bonchev–Trinajstić information content (AvgIpc) is 2.45. The molecular formula is C14H24N2O3. The van der Waals surface area contributed by atoms with Crippen molar-refractivity contribution in [3.63, 3.8) is 0 Å². The van der Waals surface area contributed by atoms with Crippen molar-refractivity contribution in [2.75, 3.05) is 27.9 Å². The van der Waals surface area contributed by atoms with E-state index in [2.05, 4.69) is 0 Å². The van der Waals surface area contributed by atoms with Gasteiger partial charge in [-0.2, -0.15) is 0 Å². The molecule has 0 aliphatic carbocycles. The summed E-state index contributed by atoms with van der Waals surface area (Å²) in [5, 5.41) is 0. The zero-order chi connectivity index (χ0) is 14.3. The Kier molecular flexibility index (Phi) is 6.45. The molecule has 0 heterocycles. The zero-order valence-electron chi connectivity index (χ0n) is 11.9. The highest BCUT2D eigenvalue weighted by Crippen LogP contribution is 2.38. The van der Waals surface area contributed by atoms with Gasteiger partial charge in [0.25, 0.3) is 0 Å². The molecule has 1 aromatic rings. The van der Waals surface area contributed by atoms with Crippen LogP contribution >= 0.6 is 0 Å². The molecule has 0 saturated heterocycles. The molecule has 5 heteroatoms. The second kappa shape index (κ2) is 7.86. The highest BCUT2D eigenvalue weighted by atomic mass is 16.5. The zero-order valence-corrected chi connectivity index (χ0v) is 11.9. The maximum Gasteiger partial charge on any atom is 0.131 e. The van der Waals surface area contributed by atoms with Crippen LogP contribution in [0.3, 0.4) is 0 Å². The highest BCUT2D eigenvalue weighted by molar-refractivity contribution is 5.52. The Bertz CT molecular complexity index is 371. The number of methoxy groups -OCH3 is 3. The molecule has 0 saturated carbocycles. The first-order valence-electron chi connectivity index (χ1n) is 6.43. The van der Waals surface area contributed by atoms with E-state index >= 15 is 0 Å². The molecule has 0 bridgehead atoms. The van der Waals surface area contributed by atoms with Crippen LogP contribution in [0.2, 0.25) is 0 Å². The molecule has 1 rings (SSSR count). The SMILES string of the molecule is COc1cc(OC)c([C@H](N)CCCCN)c(OC)c1. The Hall–Kier alpha value is -1.46. The van der Waals surface area contributed by atoms with Gasteiger partial charge in [0.1, 0.15) is 17.2 Å². The van der Waals surface area contributed by atoms with Crippen LogP contribution in [-0.4, -0.2) is 27.9 Å². The summed E-state index contributed by atoms with van der Waals surface area (Å²) in [6.07, 6.45) is 2.79. The summed E-state index contributed by atoms with van der Waals surface area (Å²) < 4.78 is 16.0. The smallest absolute Gasteiger partial charge is 0.131 e. The third kappa shape index (κ3) is 4.01. The van der Waals surface area contributed by atoms with Crippen LogP contribution in [0.1, 0.15) is 30.9 Å². The summed E-state index contributed by atoms with van der Waals surface area (Å²) in [7, 11) is 4.84. The minimum Gasteiger partial charge on any atom is -0.496 e. The quantitative estimate of drug-likeness (QED) is 0.703. The minimum atomic E-state index is -0.137. The van der Waals surface area contributed by atoms with Gasteiger partial charge in [0, 0.05) is 18.2 Å². The topological polar surface area (TPSA) is 79.7 Å². The van der Waals surface area contributed by atoms with Gasteiger partial charge in [0.15, 0.2) is 0 Å². The number of unbranched alkanes of at least 4 members (excludes halogenated alkanes) is 1. The van der Waals surface area contributed by atoms with E-state index in [1.165, 1.54) is 0 Å². The lowest BCUT2D eigenvalue weighted by Gasteiger charge is -2.20. The van der Waals surface area contributed by atoms with Crippen molar-refractivity contribution in [2.45, 2.75) is 25.3 Å². The van der Waals surface area contributed by atoms with E-state index in [1.807, 2.05) is 12.1 Å². The normalized spacial score (nSPS) is 12.1. The van der Waals surface area contributed by atoms with Gasteiger partial charge >= 0.3 is 0 Å². The fourth-order valence-corrected chi connectivity index (χ4v) is 2.05. The number of hydrogen-bond donors (Lipinski definition) is 2. The monoisotopic (exact) mass is 268 g/mol. The predicted octanol–water partition coefficient (Wildman–Crippen LogP) is 1.84. The van der Waals surface area contributed by atoms with Crippen LogP contribution in [0.5, 0.6) is 17.2 Å². The van der Waals surface area contributed by atoms with Crippen LogP contribution in [0.15, 0.2) is 12.1 Å². The van der Waals surface area contributed by atoms with E-state index in [1.54, 1.807) is 21.3 Å². The van der Waals surface area contributed by atoms with Gasteiger partial charge in [0.2, 0.25) is 0 Å². The van der Waals surface area contributed by atoms with E-state index < -0.39 is 0 Å². The standard InChI is InChI=1S/C14H24N2O3/c1-17-10-8-12(18-2)14(13(9-10)19-3)11(16)6-4-5-7-15/h8-9,11H,4-7,15-16H2,1-3H3/t11-/m1/s1. The molecule has 4 N–H and O–H groups in total. The molecule has 1 aromatic carbocycles. The lowest BCUT2D eigenvalue weighted by molar-refractivity contribution is 0.362. The Labute approximate surface area is 114 Å². The first-order valence-corrected chi connectivity index (χ1v) is 6.43. The molecule has 0 spiro atoms. The maximum absolute atomic E-state index is 6.24. The van der Waals surface area contributed by atoms with Crippen molar-refractivity contribution >= 4 is 0 Å². The molecule has 0 amide bonds. The number of rotatable bonds is 8. The summed E-state index contributed by atoms with van der Waals surface area (Å²) in [4.78, 5) is 0. The van der Waals surface area contributed by atoms with Crippen LogP contribution in [0, 0.1) is 0 Å². The van der Waals surface area contributed by atoms with Crippen molar-refractivity contribution in [1.82, 2.24) is 0 Å². The Morgan fingerprint density at radius 3 is 2.00 bits per heavy atom. The van der Waals surface area contributed by atoms with Crippen LogP contribution < -0.4 is 25.7 Å². The number of benzene rings is 1. The van der Waals surface area contributed by atoms with Gasteiger partial charge in [0.05, 0.1) is 26.9 Å². The number of hydrogen-bond acceptors (Lipinski definition) is 5. The van der Waals surface area contributed by atoms with Crippen molar-refractivity contribution in [1.29, 1.82) is 0 Å². The summed E-state index contributed by atoms with van der Waals surface area (Å²) >= 11 is 0. The number of nitrogens with two attached hydrogens (primary N) is 2. The Balaban J connectivity index is 3.02. The molecule has 5 nitrogen and oxygen atoms in total. The van der Waals surface area contributed by atoms with Gasteiger partial charge in [-0.15, -0.1) is 0 Å². The molecule has 0 unspecified atom stereocenters. The second-order valence-electron chi connectivity index (χ2n) is 4.34. The molecule has 0 radical (unpaired) electrons. The van der Waals surface area contributed by atoms with E-state index in [0.29, 0.717) is 23.8 Å². The molecular weight excluding hydrogens is 244 g/mol. The van der Waals surface area contributed by atoms with Gasteiger partial charge < -0.3 is 25.7 Å². The molecule has 0 fully saturated rings. The lowest BCUT2D eigenvalue weighted by atomic mass is 9.99. The van der Waals surface area contributed by atoms with Crippen molar-refractivity contribution < 1.29 is 14.2 Å². The van der Waals surface area contributed by atoms with Crippen molar-refractivity contribution in [3.05, 3.63) is 17.7 Å². The lowest BCUT2D eigenvalue weighted by Crippen LogP contribution is -2.14.